The number of nitrogens with one attached hydrogen (secondary N) is 1. The first-order valence-electron chi connectivity index (χ1n) is 13.8. The summed E-state index contributed by atoms with van der Waals surface area (Å²) in [4.78, 5) is 14.0. The van der Waals surface area contributed by atoms with Gasteiger partial charge in [-0.15, -0.1) is 0 Å². The quantitative estimate of drug-likeness (QED) is 0.336. The number of anilines is 1. The Morgan fingerprint density at radius 3 is 2.59 bits per heavy atom. The van der Waals surface area contributed by atoms with E-state index in [4.69, 9.17) is 21.3 Å². The molecule has 4 aromatic rings. The molecule has 1 aromatic heterocycles. The SMILES string of the molecule is Oc1cc(-c2c(Cl)cc3c(N4C[C@H]5CC[C@@H](C4)N5)nc(OCCN4CCCC4)nc3c2F)c2ccccc2c1. The minimum Gasteiger partial charge on any atom is -0.508 e. The zero-order valence-corrected chi connectivity index (χ0v) is 22.4. The first-order chi connectivity index (χ1) is 19.0. The van der Waals surface area contributed by atoms with E-state index in [2.05, 4.69) is 20.1 Å². The van der Waals surface area contributed by atoms with E-state index in [1.807, 2.05) is 24.3 Å². The maximum absolute atomic E-state index is 16.6. The summed E-state index contributed by atoms with van der Waals surface area (Å²) < 4.78 is 22.6. The molecule has 39 heavy (non-hydrogen) atoms. The van der Waals surface area contributed by atoms with Gasteiger partial charge in [-0.3, -0.25) is 4.90 Å². The number of aromatic nitrogens is 2. The Hall–Kier alpha value is -3.20. The molecule has 7 nitrogen and oxygen atoms in total. The molecule has 3 aromatic carbocycles. The highest BCUT2D eigenvalue weighted by Gasteiger charge is 2.34. The summed E-state index contributed by atoms with van der Waals surface area (Å²) in [7, 11) is 0. The number of hydrogen-bond acceptors (Lipinski definition) is 7. The molecule has 202 valence electrons. The van der Waals surface area contributed by atoms with Crippen LogP contribution in [0, 0.1) is 5.82 Å². The number of benzene rings is 3. The van der Waals surface area contributed by atoms with Crippen molar-refractivity contribution in [2.45, 2.75) is 37.8 Å². The van der Waals surface area contributed by atoms with Crippen molar-refractivity contribution in [3.8, 4) is 22.9 Å². The lowest BCUT2D eigenvalue weighted by Gasteiger charge is -2.34. The van der Waals surface area contributed by atoms with Crippen molar-refractivity contribution in [1.29, 1.82) is 0 Å². The lowest BCUT2D eigenvalue weighted by atomic mass is 9.96. The van der Waals surface area contributed by atoms with Gasteiger partial charge in [0.25, 0.3) is 0 Å². The summed E-state index contributed by atoms with van der Waals surface area (Å²) in [5.41, 5.74) is 0.907. The van der Waals surface area contributed by atoms with Crippen LogP contribution in [-0.2, 0) is 0 Å². The third-order valence-corrected chi connectivity index (χ3v) is 8.61. The van der Waals surface area contributed by atoms with E-state index in [0.717, 1.165) is 56.3 Å². The molecule has 3 aliphatic rings. The molecule has 3 saturated heterocycles. The maximum atomic E-state index is 16.6. The summed E-state index contributed by atoms with van der Waals surface area (Å²) in [6.45, 7) is 4.95. The van der Waals surface area contributed by atoms with Gasteiger partial charge in [0, 0.05) is 42.7 Å². The van der Waals surface area contributed by atoms with Crippen LogP contribution in [0.2, 0.25) is 5.02 Å². The summed E-state index contributed by atoms with van der Waals surface area (Å²) in [6, 6.07) is 13.5. The van der Waals surface area contributed by atoms with Crippen LogP contribution in [0.4, 0.5) is 10.2 Å². The van der Waals surface area contributed by atoms with Crippen LogP contribution in [0.5, 0.6) is 11.8 Å². The summed E-state index contributed by atoms with van der Waals surface area (Å²) in [6.07, 6.45) is 4.65. The molecular formula is C30H31ClFN5O2. The number of aromatic hydroxyl groups is 1. The molecule has 2 bridgehead atoms. The minimum absolute atomic E-state index is 0.0462. The third kappa shape index (κ3) is 4.64. The van der Waals surface area contributed by atoms with Gasteiger partial charge in [0.2, 0.25) is 0 Å². The number of halogens is 2. The predicted octanol–water partition coefficient (Wildman–Crippen LogP) is 5.36. The third-order valence-electron chi connectivity index (χ3n) is 8.31. The van der Waals surface area contributed by atoms with E-state index in [1.165, 1.54) is 12.8 Å². The highest BCUT2D eigenvalue weighted by Crippen LogP contribution is 2.42. The highest BCUT2D eigenvalue weighted by molar-refractivity contribution is 6.35. The molecule has 9 heteroatoms. The van der Waals surface area contributed by atoms with Gasteiger partial charge in [0.15, 0.2) is 5.82 Å². The smallest absolute Gasteiger partial charge is 0.319 e. The van der Waals surface area contributed by atoms with Gasteiger partial charge in [-0.1, -0.05) is 35.9 Å². The summed E-state index contributed by atoms with van der Waals surface area (Å²) in [5, 5.41) is 16.5. The molecule has 0 unspecified atom stereocenters. The molecule has 3 fully saturated rings. The number of phenolic OH excluding ortho intramolecular Hbond substituents is 1. The average molecular weight is 548 g/mol. The van der Waals surface area contributed by atoms with Crippen LogP contribution >= 0.6 is 11.6 Å². The van der Waals surface area contributed by atoms with Crippen LogP contribution in [0.15, 0.2) is 42.5 Å². The molecule has 3 aliphatic heterocycles. The van der Waals surface area contributed by atoms with Gasteiger partial charge in [0.1, 0.15) is 23.7 Å². The fourth-order valence-corrected chi connectivity index (χ4v) is 6.75. The van der Waals surface area contributed by atoms with Crippen molar-refractivity contribution in [3.05, 3.63) is 53.3 Å². The van der Waals surface area contributed by atoms with Crippen LogP contribution in [0.3, 0.4) is 0 Å². The van der Waals surface area contributed by atoms with E-state index < -0.39 is 5.82 Å². The van der Waals surface area contributed by atoms with Crippen molar-refractivity contribution in [3.63, 3.8) is 0 Å². The minimum atomic E-state index is -0.542. The molecule has 0 amide bonds. The monoisotopic (exact) mass is 547 g/mol. The number of ether oxygens (including phenoxy) is 1. The highest BCUT2D eigenvalue weighted by atomic mass is 35.5. The van der Waals surface area contributed by atoms with E-state index in [1.54, 1.807) is 18.2 Å². The second-order valence-corrected chi connectivity index (χ2v) is 11.3. The number of piperazine rings is 1. The lowest BCUT2D eigenvalue weighted by molar-refractivity contribution is 0.226. The van der Waals surface area contributed by atoms with Crippen molar-refractivity contribution in [1.82, 2.24) is 20.2 Å². The van der Waals surface area contributed by atoms with E-state index >= 15 is 4.39 Å². The van der Waals surface area contributed by atoms with Gasteiger partial charge in [-0.05, 0) is 73.3 Å². The van der Waals surface area contributed by atoms with Crippen molar-refractivity contribution < 1.29 is 14.2 Å². The number of fused-ring (bicyclic) bond motifs is 4. The van der Waals surface area contributed by atoms with Crippen LogP contribution < -0.4 is 15.0 Å². The Bertz CT molecular complexity index is 1550. The first-order valence-corrected chi connectivity index (χ1v) is 14.2. The Morgan fingerprint density at radius 2 is 1.79 bits per heavy atom. The molecule has 0 radical (unpaired) electrons. The lowest BCUT2D eigenvalue weighted by Crippen LogP contribution is -2.51. The number of nitrogens with zero attached hydrogens (tertiary/aromatic N) is 4. The van der Waals surface area contributed by atoms with E-state index in [0.29, 0.717) is 35.5 Å². The summed E-state index contributed by atoms with van der Waals surface area (Å²) in [5.74, 6) is 0.159. The summed E-state index contributed by atoms with van der Waals surface area (Å²) >= 11 is 6.83. The number of rotatable bonds is 6. The fraction of sp³-hybridized carbons (Fsp3) is 0.400. The standard InChI is InChI=1S/C30H31ClFN5O2/c31-25-15-24-28(27(32)26(25)23-14-21(38)13-18-5-1-2-6-22(18)23)34-30(39-12-11-36-9-3-4-10-36)35-29(24)37-16-19-7-8-20(17-37)33-19/h1-2,5-6,13-15,19-20,33,38H,3-4,7-12,16-17H2/t19-,20+. The zero-order valence-electron chi connectivity index (χ0n) is 21.7. The average Bonchev–Trinajstić information content (AvgIpc) is 3.57. The largest absolute Gasteiger partial charge is 0.508 e. The Balaban J connectivity index is 1.36. The van der Waals surface area contributed by atoms with E-state index in [-0.39, 0.29) is 27.9 Å². The maximum Gasteiger partial charge on any atom is 0.319 e. The Labute approximate surface area is 231 Å². The van der Waals surface area contributed by atoms with Crippen LogP contribution in [-0.4, -0.2) is 71.4 Å². The van der Waals surface area contributed by atoms with Crippen LogP contribution in [0.25, 0.3) is 32.8 Å². The van der Waals surface area contributed by atoms with Gasteiger partial charge in [-0.25, -0.2) is 4.39 Å². The van der Waals surface area contributed by atoms with Crippen molar-refractivity contribution in [2.75, 3.05) is 44.2 Å². The zero-order chi connectivity index (χ0) is 26.5. The molecule has 2 N–H and O–H groups in total. The van der Waals surface area contributed by atoms with Gasteiger partial charge >= 0.3 is 6.01 Å². The second kappa shape index (κ2) is 10.1. The van der Waals surface area contributed by atoms with Gasteiger partial charge in [0.05, 0.1) is 5.02 Å². The predicted molar refractivity (Wildman–Crippen MR) is 152 cm³/mol. The molecule has 0 aliphatic carbocycles. The van der Waals surface area contributed by atoms with Gasteiger partial charge in [-0.2, -0.15) is 9.97 Å². The Morgan fingerprint density at radius 1 is 1.03 bits per heavy atom. The molecule has 0 spiro atoms. The Kier molecular flexibility index (Phi) is 6.41. The van der Waals surface area contributed by atoms with Crippen molar-refractivity contribution >= 4 is 39.1 Å². The molecule has 0 saturated carbocycles. The van der Waals surface area contributed by atoms with Crippen LogP contribution in [0.1, 0.15) is 25.7 Å². The molecule has 2 atom stereocenters. The second-order valence-electron chi connectivity index (χ2n) is 10.9. The molecular weight excluding hydrogens is 517 g/mol. The molecule has 7 rings (SSSR count). The normalized spacial score (nSPS) is 21.3. The number of hydrogen-bond donors (Lipinski definition) is 2. The topological polar surface area (TPSA) is 73.8 Å². The fourth-order valence-electron chi connectivity index (χ4n) is 6.46. The molecule has 4 heterocycles. The van der Waals surface area contributed by atoms with Gasteiger partial charge < -0.3 is 20.1 Å². The van der Waals surface area contributed by atoms with Crippen molar-refractivity contribution in [2.24, 2.45) is 0 Å². The first kappa shape index (κ1) is 24.8. The van der Waals surface area contributed by atoms with E-state index in [9.17, 15) is 5.11 Å². The number of phenols is 1. The number of likely N-dealkylation sites (tertiary alicyclic amines) is 1.